The molecule has 1 aromatic carbocycles. The van der Waals surface area contributed by atoms with E-state index in [1.807, 2.05) is 0 Å². The van der Waals surface area contributed by atoms with Crippen LogP contribution in [0.25, 0.3) is 0 Å². The minimum Gasteiger partial charge on any atom is -0.392 e. The van der Waals surface area contributed by atoms with Crippen molar-refractivity contribution in [3.8, 4) is 0 Å². The smallest absolute Gasteiger partial charge is 0.244 e. The number of rotatable bonds is 4. The van der Waals surface area contributed by atoms with Gasteiger partial charge in [0.15, 0.2) is 0 Å². The summed E-state index contributed by atoms with van der Waals surface area (Å²) in [6.45, 7) is 3.34. The molecule has 1 aromatic rings. The standard InChI is InChI=1S/C11H16ClNO3S/c1-8(2)13(3)17(15,16)11-6-9(7-14)4-5-10(11)12/h4-6,8,14H,7H2,1-3H3. The van der Waals surface area contributed by atoms with Gasteiger partial charge in [0, 0.05) is 13.1 Å². The van der Waals surface area contributed by atoms with Gasteiger partial charge in [0.2, 0.25) is 10.0 Å². The monoisotopic (exact) mass is 277 g/mol. The summed E-state index contributed by atoms with van der Waals surface area (Å²) in [5, 5.41) is 9.18. The van der Waals surface area contributed by atoms with Crippen LogP contribution in [0.5, 0.6) is 0 Å². The molecular formula is C11H16ClNO3S. The second-order valence-electron chi connectivity index (χ2n) is 4.04. The fourth-order valence-corrected chi connectivity index (χ4v) is 3.17. The van der Waals surface area contributed by atoms with Gasteiger partial charge in [-0.2, -0.15) is 4.31 Å². The number of hydrogen-bond acceptors (Lipinski definition) is 3. The highest BCUT2D eigenvalue weighted by atomic mass is 35.5. The molecule has 0 unspecified atom stereocenters. The first kappa shape index (κ1) is 14.4. The third-order valence-electron chi connectivity index (χ3n) is 2.56. The lowest BCUT2D eigenvalue weighted by molar-refractivity contribution is 0.281. The molecule has 1 N–H and O–H groups in total. The Kier molecular flexibility index (Phi) is 4.55. The van der Waals surface area contributed by atoms with Gasteiger partial charge in [0.05, 0.1) is 11.6 Å². The number of sulfonamides is 1. The first-order chi connectivity index (χ1) is 7.80. The summed E-state index contributed by atoms with van der Waals surface area (Å²) in [4.78, 5) is 0.0296. The van der Waals surface area contributed by atoms with Gasteiger partial charge in [-0.25, -0.2) is 8.42 Å². The summed E-state index contributed by atoms with van der Waals surface area (Å²) in [5.41, 5.74) is 0.519. The average Bonchev–Trinajstić information content (AvgIpc) is 2.28. The van der Waals surface area contributed by atoms with Gasteiger partial charge in [-0.1, -0.05) is 17.7 Å². The van der Waals surface area contributed by atoms with Crippen LogP contribution in [0.4, 0.5) is 0 Å². The van der Waals surface area contributed by atoms with E-state index >= 15 is 0 Å². The van der Waals surface area contributed by atoms with Crippen molar-refractivity contribution >= 4 is 21.6 Å². The zero-order valence-corrected chi connectivity index (χ0v) is 11.6. The molecule has 0 aromatic heterocycles. The van der Waals surface area contributed by atoms with Crippen molar-refractivity contribution in [3.05, 3.63) is 28.8 Å². The highest BCUT2D eigenvalue weighted by Crippen LogP contribution is 2.26. The third kappa shape index (κ3) is 2.98. The largest absolute Gasteiger partial charge is 0.392 e. The lowest BCUT2D eigenvalue weighted by atomic mass is 10.2. The van der Waals surface area contributed by atoms with Crippen molar-refractivity contribution in [1.29, 1.82) is 0 Å². The fourth-order valence-electron chi connectivity index (χ4n) is 1.28. The van der Waals surface area contributed by atoms with Crippen molar-refractivity contribution in [2.24, 2.45) is 0 Å². The second kappa shape index (κ2) is 5.35. The van der Waals surface area contributed by atoms with E-state index in [-0.39, 0.29) is 22.6 Å². The molecule has 0 atom stereocenters. The molecule has 96 valence electrons. The number of nitrogens with zero attached hydrogens (tertiary/aromatic N) is 1. The molecule has 0 amide bonds. The van der Waals surface area contributed by atoms with Gasteiger partial charge < -0.3 is 5.11 Å². The second-order valence-corrected chi connectivity index (χ2v) is 6.41. The Bertz CT molecular complexity index is 499. The number of halogens is 1. The van der Waals surface area contributed by atoms with E-state index in [0.717, 1.165) is 0 Å². The zero-order valence-electron chi connectivity index (χ0n) is 10.0. The summed E-state index contributed by atoms with van der Waals surface area (Å²) in [5.74, 6) is 0. The Morgan fingerprint density at radius 1 is 1.41 bits per heavy atom. The highest BCUT2D eigenvalue weighted by Gasteiger charge is 2.25. The molecule has 0 aliphatic rings. The van der Waals surface area contributed by atoms with Crippen LogP contribution in [0.1, 0.15) is 19.4 Å². The van der Waals surface area contributed by atoms with Crippen LogP contribution in [-0.4, -0.2) is 30.9 Å². The summed E-state index contributed by atoms with van der Waals surface area (Å²) < 4.78 is 25.7. The molecule has 0 bridgehead atoms. The van der Waals surface area contributed by atoms with Crippen LogP contribution in [0.15, 0.2) is 23.1 Å². The van der Waals surface area contributed by atoms with E-state index < -0.39 is 10.0 Å². The Morgan fingerprint density at radius 3 is 2.47 bits per heavy atom. The van der Waals surface area contributed by atoms with Crippen molar-refractivity contribution in [3.63, 3.8) is 0 Å². The molecule has 0 radical (unpaired) electrons. The maximum absolute atomic E-state index is 12.2. The van der Waals surface area contributed by atoms with E-state index in [9.17, 15) is 8.42 Å². The number of benzene rings is 1. The quantitative estimate of drug-likeness (QED) is 0.914. The van der Waals surface area contributed by atoms with Gasteiger partial charge in [-0.05, 0) is 31.5 Å². The SMILES string of the molecule is CC(C)N(C)S(=O)(=O)c1cc(CO)ccc1Cl. The Labute approximate surface area is 107 Å². The zero-order chi connectivity index (χ0) is 13.2. The van der Waals surface area contributed by atoms with Crippen LogP contribution >= 0.6 is 11.6 Å². The fraction of sp³-hybridized carbons (Fsp3) is 0.455. The molecule has 4 nitrogen and oxygen atoms in total. The number of aliphatic hydroxyl groups excluding tert-OH is 1. The molecule has 0 aliphatic carbocycles. The Morgan fingerprint density at radius 2 is 2.00 bits per heavy atom. The van der Waals surface area contributed by atoms with Gasteiger partial charge >= 0.3 is 0 Å². The Hall–Kier alpha value is -0.620. The first-order valence-electron chi connectivity index (χ1n) is 5.18. The molecular weight excluding hydrogens is 262 g/mol. The predicted molar refractivity (Wildman–Crippen MR) is 67.5 cm³/mol. The molecule has 0 heterocycles. The summed E-state index contributed by atoms with van der Waals surface area (Å²) in [6.07, 6.45) is 0. The first-order valence-corrected chi connectivity index (χ1v) is 6.99. The van der Waals surface area contributed by atoms with Crippen molar-refractivity contribution in [1.82, 2.24) is 4.31 Å². The minimum absolute atomic E-state index is 0.0296. The van der Waals surface area contributed by atoms with Gasteiger partial charge in [-0.15, -0.1) is 0 Å². The van der Waals surface area contributed by atoms with E-state index in [0.29, 0.717) is 5.56 Å². The van der Waals surface area contributed by atoms with E-state index in [4.69, 9.17) is 16.7 Å². The normalized spacial score (nSPS) is 12.4. The summed E-state index contributed by atoms with van der Waals surface area (Å²) in [7, 11) is -2.11. The molecule has 0 fully saturated rings. The van der Waals surface area contributed by atoms with Crippen LogP contribution in [-0.2, 0) is 16.6 Å². The molecule has 17 heavy (non-hydrogen) atoms. The van der Waals surface area contributed by atoms with E-state index in [2.05, 4.69) is 0 Å². The lowest BCUT2D eigenvalue weighted by Crippen LogP contribution is -2.33. The topological polar surface area (TPSA) is 57.6 Å². The maximum atomic E-state index is 12.2. The van der Waals surface area contributed by atoms with Crippen LogP contribution < -0.4 is 0 Å². The third-order valence-corrected chi connectivity index (χ3v) is 5.08. The van der Waals surface area contributed by atoms with E-state index in [1.165, 1.54) is 23.5 Å². The van der Waals surface area contributed by atoms with Crippen LogP contribution in [0, 0.1) is 0 Å². The van der Waals surface area contributed by atoms with Crippen LogP contribution in [0.2, 0.25) is 5.02 Å². The van der Waals surface area contributed by atoms with Crippen LogP contribution in [0.3, 0.4) is 0 Å². The predicted octanol–water partition coefficient (Wildman–Crippen LogP) is 1.86. The molecule has 0 saturated heterocycles. The van der Waals surface area contributed by atoms with Crippen molar-refractivity contribution in [2.45, 2.75) is 31.4 Å². The summed E-state index contributed by atoms with van der Waals surface area (Å²) in [6, 6.07) is 4.32. The summed E-state index contributed by atoms with van der Waals surface area (Å²) >= 11 is 5.90. The molecule has 0 spiro atoms. The van der Waals surface area contributed by atoms with Crippen molar-refractivity contribution < 1.29 is 13.5 Å². The van der Waals surface area contributed by atoms with Gasteiger partial charge in [-0.3, -0.25) is 0 Å². The number of hydrogen-bond donors (Lipinski definition) is 1. The molecule has 6 heteroatoms. The average molecular weight is 278 g/mol. The van der Waals surface area contributed by atoms with Gasteiger partial charge in [0.1, 0.15) is 4.90 Å². The number of aliphatic hydroxyl groups is 1. The van der Waals surface area contributed by atoms with Crippen molar-refractivity contribution in [2.75, 3.05) is 7.05 Å². The Balaban J connectivity index is 3.32. The van der Waals surface area contributed by atoms with E-state index in [1.54, 1.807) is 19.9 Å². The molecule has 0 aliphatic heterocycles. The highest BCUT2D eigenvalue weighted by molar-refractivity contribution is 7.89. The lowest BCUT2D eigenvalue weighted by Gasteiger charge is -2.21. The maximum Gasteiger partial charge on any atom is 0.244 e. The minimum atomic E-state index is -3.61. The molecule has 1 rings (SSSR count). The molecule has 0 saturated carbocycles. The van der Waals surface area contributed by atoms with Gasteiger partial charge in [0.25, 0.3) is 0 Å².